The van der Waals surface area contributed by atoms with Crippen molar-refractivity contribution in [2.75, 3.05) is 59.0 Å². The first-order valence-electron chi connectivity index (χ1n) is 20.3. The summed E-state index contributed by atoms with van der Waals surface area (Å²) in [4.78, 5) is 72.7. The number of amides is 4. The van der Waals surface area contributed by atoms with E-state index >= 15 is 0 Å². The molecule has 1 saturated heterocycles. The van der Waals surface area contributed by atoms with Crippen LogP contribution in [-0.4, -0.2) is 126 Å². The Hall–Kier alpha value is -4.81. The summed E-state index contributed by atoms with van der Waals surface area (Å²) >= 11 is 0. The number of hydrogen-bond donors (Lipinski definition) is 0. The van der Waals surface area contributed by atoms with Crippen LogP contribution in [-0.2, 0) is 28.5 Å². The zero-order chi connectivity index (χ0) is 42.0. The second-order valence-corrected chi connectivity index (χ2v) is 17.8. The van der Waals surface area contributed by atoms with Crippen molar-refractivity contribution in [1.29, 1.82) is 0 Å². The second-order valence-electron chi connectivity index (χ2n) is 17.8. The Labute approximate surface area is 338 Å². The predicted molar refractivity (Wildman–Crippen MR) is 218 cm³/mol. The number of hydrogen-bond acceptors (Lipinski definition) is 9. The van der Waals surface area contributed by atoms with E-state index in [4.69, 9.17) is 18.9 Å². The SMILES string of the molecule is CC(C)(C)OC(=O)N1CCN(C(=O)CCCCCC(=O)OCC2c3ccccc3-c3ccccc32)CCN(C(=O)OC(C)(C)C)CCN(C(=O)OC(C)(C)C)CC1. The van der Waals surface area contributed by atoms with Crippen molar-refractivity contribution >= 4 is 30.2 Å². The Kier molecular flexibility index (Phi) is 15.4. The third-order valence-electron chi connectivity index (χ3n) is 9.51. The number of carbonyl (C=O) groups is 5. The molecular weight excluding hydrogens is 729 g/mol. The number of fused-ring (bicyclic) bond motifs is 3. The van der Waals surface area contributed by atoms with Crippen LogP contribution in [0.1, 0.15) is 111 Å². The highest BCUT2D eigenvalue weighted by Gasteiger charge is 2.31. The summed E-state index contributed by atoms with van der Waals surface area (Å²) in [5.41, 5.74) is 2.42. The van der Waals surface area contributed by atoms with Crippen molar-refractivity contribution in [3.05, 3.63) is 59.7 Å². The number of carbonyl (C=O) groups excluding carboxylic acids is 5. The average molecular weight is 793 g/mol. The quantitative estimate of drug-likeness (QED) is 0.149. The van der Waals surface area contributed by atoms with Crippen molar-refractivity contribution in [1.82, 2.24) is 19.6 Å². The van der Waals surface area contributed by atoms with E-state index in [1.165, 1.54) is 25.8 Å². The molecule has 4 rings (SSSR count). The molecule has 4 amide bonds. The van der Waals surface area contributed by atoms with Crippen molar-refractivity contribution < 1.29 is 42.9 Å². The summed E-state index contributed by atoms with van der Waals surface area (Å²) in [6.07, 6.45) is 0.597. The Morgan fingerprint density at radius 1 is 0.509 bits per heavy atom. The van der Waals surface area contributed by atoms with Gasteiger partial charge in [0.2, 0.25) is 5.91 Å². The number of esters is 1. The van der Waals surface area contributed by atoms with E-state index in [2.05, 4.69) is 24.3 Å². The Bertz CT molecular complexity index is 1620. The van der Waals surface area contributed by atoms with Gasteiger partial charge >= 0.3 is 24.2 Å². The third-order valence-corrected chi connectivity index (χ3v) is 9.51. The van der Waals surface area contributed by atoms with Gasteiger partial charge in [0.05, 0.1) is 0 Å². The van der Waals surface area contributed by atoms with Crippen LogP contribution in [0, 0.1) is 0 Å². The van der Waals surface area contributed by atoms with Crippen molar-refractivity contribution in [2.45, 2.75) is 117 Å². The maximum atomic E-state index is 13.7. The molecule has 0 N–H and O–H groups in total. The molecule has 0 atom stereocenters. The van der Waals surface area contributed by atoms with E-state index in [0.717, 1.165) is 11.1 Å². The molecule has 1 heterocycles. The van der Waals surface area contributed by atoms with Crippen LogP contribution >= 0.6 is 0 Å². The van der Waals surface area contributed by atoms with Gasteiger partial charge in [-0.25, -0.2) is 14.4 Å². The van der Waals surface area contributed by atoms with Crippen molar-refractivity contribution in [3.63, 3.8) is 0 Å². The van der Waals surface area contributed by atoms with Crippen LogP contribution in [0.4, 0.5) is 14.4 Å². The second kappa shape index (κ2) is 19.6. The predicted octanol–water partition coefficient (Wildman–Crippen LogP) is 7.85. The van der Waals surface area contributed by atoms with Gasteiger partial charge in [-0.15, -0.1) is 0 Å². The van der Waals surface area contributed by atoms with Crippen molar-refractivity contribution in [2.24, 2.45) is 0 Å². The first kappa shape index (κ1) is 44.9. The van der Waals surface area contributed by atoms with Gasteiger partial charge < -0.3 is 38.5 Å². The molecule has 0 saturated carbocycles. The largest absolute Gasteiger partial charge is 0.465 e. The minimum atomic E-state index is -0.755. The molecule has 1 aliphatic carbocycles. The lowest BCUT2D eigenvalue weighted by Crippen LogP contribution is -2.52. The highest BCUT2D eigenvalue weighted by atomic mass is 16.6. The average Bonchev–Trinajstić information content (AvgIpc) is 3.41. The van der Waals surface area contributed by atoms with Gasteiger partial charge in [0.25, 0.3) is 0 Å². The standard InChI is InChI=1S/C44H64N4O9/c1-42(2,3)55-39(51)46-25-23-45(24-26-47(40(52)56-43(4,5)6)28-30-48(29-27-46)41(53)57-44(7,8)9)37(49)21-11-10-12-22-38(50)54-31-36-34-19-15-13-17-32(34)33-18-14-16-20-35(33)36/h13-20,36H,10-12,21-31H2,1-9H3. The summed E-state index contributed by atoms with van der Waals surface area (Å²) < 4.78 is 22.8. The fourth-order valence-electron chi connectivity index (χ4n) is 6.76. The minimum absolute atomic E-state index is 0.000338. The van der Waals surface area contributed by atoms with Crippen LogP contribution in [0.5, 0.6) is 0 Å². The molecule has 314 valence electrons. The molecule has 2 aromatic rings. The molecule has 13 heteroatoms. The third kappa shape index (κ3) is 14.3. The molecule has 57 heavy (non-hydrogen) atoms. The van der Waals surface area contributed by atoms with E-state index in [0.29, 0.717) is 19.3 Å². The Balaban J connectivity index is 1.37. The molecule has 0 spiro atoms. The summed E-state index contributed by atoms with van der Waals surface area (Å²) in [5.74, 6) is -0.391. The van der Waals surface area contributed by atoms with E-state index in [1.807, 2.05) is 24.3 Å². The Morgan fingerprint density at radius 3 is 1.25 bits per heavy atom. The number of unbranched alkanes of at least 4 members (excludes halogenated alkanes) is 2. The molecule has 0 unspecified atom stereocenters. The summed E-state index contributed by atoms with van der Waals surface area (Å²) in [7, 11) is 0. The molecule has 0 aromatic heterocycles. The smallest absolute Gasteiger partial charge is 0.410 e. The summed E-state index contributed by atoms with van der Waals surface area (Å²) in [6, 6.07) is 16.4. The van der Waals surface area contributed by atoms with E-state index in [9.17, 15) is 24.0 Å². The highest BCUT2D eigenvalue weighted by molar-refractivity contribution is 5.79. The van der Waals surface area contributed by atoms with Gasteiger partial charge in [-0.1, -0.05) is 55.0 Å². The van der Waals surface area contributed by atoms with Crippen molar-refractivity contribution in [3.8, 4) is 11.1 Å². The fourth-order valence-corrected chi connectivity index (χ4v) is 6.76. The highest BCUT2D eigenvalue weighted by Crippen LogP contribution is 2.44. The number of rotatable bonds is 8. The summed E-state index contributed by atoms with van der Waals surface area (Å²) in [6.45, 7) is 17.4. The maximum Gasteiger partial charge on any atom is 0.410 e. The fraction of sp³-hybridized carbons (Fsp3) is 0.614. The minimum Gasteiger partial charge on any atom is -0.465 e. The zero-order valence-electron chi connectivity index (χ0n) is 35.6. The topological polar surface area (TPSA) is 135 Å². The van der Waals surface area contributed by atoms with Gasteiger partial charge in [0, 0.05) is 71.1 Å². The number of nitrogens with zero attached hydrogens (tertiary/aromatic N) is 4. The molecule has 1 fully saturated rings. The molecule has 0 bridgehead atoms. The molecule has 2 aliphatic rings. The first-order chi connectivity index (χ1) is 26.7. The Morgan fingerprint density at radius 2 is 0.860 bits per heavy atom. The lowest BCUT2D eigenvalue weighted by atomic mass is 9.98. The lowest BCUT2D eigenvalue weighted by Gasteiger charge is -2.36. The van der Waals surface area contributed by atoms with E-state index in [1.54, 1.807) is 67.2 Å². The van der Waals surface area contributed by atoms with Gasteiger partial charge in [0.15, 0.2) is 0 Å². The molecule has 0 radical (unpaired) electrons. The molecular formula is C44H64N4O9. The van der Waals surface area contributed by atoms with Crippen LogP contribution in [0.3, 0.4) is 0 Å². The number of ether oxygens (including phenoxy) is 4. The van der Waals surface area contributed by atoms with E-state index in [-0.39, 0.29) is 89.6 Å². The van der Waals surface area contributed by atoms with Gasteiger partial charge in [0.1, 0.15) is 23.4 Å². The number of benzene rings is 2. The summed E-state index contributed by atoms with van der Waals surface area (Å²) in [5, 5.41) is 0. The van der Waals surface area contributed by atoms with Crippen LogP contribution < -0.4 is 0 Å². The van der Waals surface area contributed by atoms with E-state index < -0.39 is 35.1 Å². The van der Waals surface area contributed by atoms with Crippen LogP contribution in [0.15, 0.2) is 48.5 Å². The van der Waals surface area contributed by atoms with Crippen LogP contribution in [0.25, 0.3) is 11.1 Å². The molecule has 1 aliphatic heterocycles. The lowest BCUT2D eigenvalue weighted by molar-refractivity contribution is -0.144. The first-order valence-corrected chi connectivity index (χ1v) is 20.3. The normalized spacial score (nSPS) is 15.8. The van der Waals surface area contributed by atoms with Gasteiger partial charge in [-0.2, -0.15) is 0 Å². The van der Waals surface area contributed by atoms with Gasteiger partial charge in [-0.05, 0) is 97.4 Å². The monoisotopic (exact) mass is 792 g/mol. The maximum absolute atomic E-state index is 13.7. The van der Waals surface area contributed by atoms with Crippen LogP contribution in [0.2, 0.25) is 0 Å². The van der Waals surface area contributed by atoms with Gasteiger partial charge in [-0.3, -0.25) is 9.59 Å². The zero-order valence-corrected chi connectivity index (χ0v) is 35.6. The molecule has 13 nitrogen and oxygen atoms in total. The molecule has 2 aromatic carbocycles.